The maximum Gasteiger partial charge on any atom is 0.143 e. The summed E-state index contributed by atoms with van der Waals surface area (Å²) in [4.78, 5) is 2.22. The molecule has 0 heterocycles. The van der Waals surface area contributed by atoms with Crippen molar-refractivity contribution >= 4 is 23.0 Å². The van der Waals surface area contributed by atoms with Crippen molar-refractivity contribution in [3.63, 3.8) is 0 Å². The van der Waals surface area contributed by atoms with Gasteiger partial charge in [0.1, 0.15) is 5.82 Å². The van der Waals surface area contributed by atoms with E-state index in [-0.39, 0.29) is 5.02 Å². The zero-order chi connectivity index (χ0) is 12.4. The van der Waals surface area contributed by atoms with Crippen LogP contribution < -0.4 is 10.6 Å². The fourth-order valence-corrected chi connectivity index (χ4v) is 2.18. The lowest BCUT2D eigenvalue weighted by atomic mass is 10.2. The number of anilines is 2. The third-order valence-corrected chi connectivity index (χ3v) is 3.37. The maximum absolute atomic E-state index is 13.3. The van der Waals surface area contributed by atoms with Gasteiger partial charge in [-0.05, 0) is 31.2 Å². The zero-order valence-electron chi connectivity index (χ0n) is 10.0. The van der Waals surface area contributed by atoms with E-state index >= 15 is 0 Å². The highest BCUT2D eigenvalue weighted by Crippen LogP contribution is 2.35. The summed E-state index contributed by atoms with van der Waals surface area (Å²) >= 11 is 5.82. The first-order chi connectivity index (χ1) is 8.11. The van der Waals surface area contributed by atoms with Gasteiger partial charge in [0, 0.05) is 19.2 Å². The quantitative estimate of drug-likeness (QED) is 0.815. The molecule has 0 saturated heterocycles. The van der Waals surface area contributed by atoms with Gasteiger partial charge < -0.3 is 10.6 Å². The third-order valence-electron chi connectivity index (χ3n) is 3.08. The molecule has 0 bridgehead atoms. The molecule has 0 unspecified atom stereocenters. The number of nitrogens with zero attached hydrogens (tertiary/aromatic N) is 1. The molecule has 0 radical (unpaired) electrons. The van der Waals surface area contributed by atoms with Crippen molar-refractivity contribution in [2.75, 3.05) is 23.7 Å². The lowest BCUT2D eigenvalue weighted by Crippen LogP contribution is -2.27. The van der Waals surface area contributed by atoms with Gasteiger partial charge in [-0.3, -0.25) is 0 Å². The van der Waals surface area contributed by atoms with Crippen LogP contribution in [0, 0.1) is 11.7 Å². The average molecular weight is 257 g/mol. The second kappa shape index (κ2) is 5.13. The van der Waals surface area contributed by atoms with Gasteiger partial charge in [-0.25, -0.2) is 4.39 Å². The summed E-state index contributed by atoms with van der Waals surface area (Å²) in [5, 5.41) is 0.145. The Morgan fingerprint density at radius 2 is 2.18 bits per heavy atom. The van der Waals surface area contributed by atoms with Crippen LogP contribution in [0.5, 0.6) is 0 Å². The van der Waals surface area contributed by atoms with E-state index in [1.54, 1.807) is 6.07 Å². The molecule has 1 aromatic carbocycles. The predicted octanol–water partition coefficient (Wildman–Crippen LogP) is 3.69. The highest BCUT2D eigenvalue weighted by molar-refractivity contribution is 6.31. The zero-order valence-corrected chi connectivity index (χ0v) is 10.8. The normalized spacial score (nSPS) is 15.0. The lowest BCUT2D eigenvalue weighted by Gasteiger charge is -2.26. The largest absolute Gasteiger partial charge is 0.397 e. The summed E-state index contributed by atoms with van der Waals surface area (Å²) in [6.07, 6.45) is 3.62. The van der Waals surface area contributed by atoms with E-state index in [9.17, 15) is 4.39 Å². The number of hydrogen-bond acceptors (Lipinski definition) is 2. The molecular formula is C13H18ClFN2. The molecule has 0 aromatic heterocycles. The van der Waals surface area contributed by atoms with Crippen molar-refractivity contribution < 1.29 is 4.39 Å². The Balaban J connectivity index is 2.23. The number of halogens is 2. The fourth-order valence-electron chi connectivity index (χ4n) is 2.02. The summed E-state index contributed by atoms with van der Waals surface area (Å²) in [6.45, 7) is 4.06. The first-order valence-corrected chi connectivity index (χ1v) is 6.49. The van der Waals surface area contributed by atoms with E-state index in [1.807, 2.05) is 0 Å². The maximum atomic E-state index is 13.3. The van der Waals surface area contributed by atoms with Crippen molar-refractivity contribution in [2.24, 2.45) is 5.92 Å². The topological polar surface area (TPSA) is 29.3 Å². The Kier molecular flexibility index (Phi) is 3.77. The third kappa shape index (κ3) is 3.03. The Hall–Kier alpha value is -0.960. The van der Waals surface area contributed by atoms with Crippen molar-refractivity contribution in [2.45, 2.75) is 26.2 Å². The summed E-state index contributed by atoms with van der Waals surface area (Å²) in [5.74, 6) is 0.320. The molecule has 1 aromatic rings. The van der Waals surface area contributed by atoms with E-state index < -0.39 is 5.82 Å². The van der Waals surface area contributed by atoms with Crippen LogP contribution in [0.15, 0.2) is 12.1 Å². The minimum atomic E-state index is -0.448. The summed E-state index contributed by atoms with van der Waals surface area (Å²) in [6, 6.07) is 2.96. The highest BCUT2D eigenvalue weighted by Gasteiger charge is 2.25. The van der Waals surface area contributed by atoms with Gasteiger partial charge in [0.15, 0.2) is 0 Å². The number of nitrogen functional groups attached to an aromatic ring is 1. The number of nitrogens with two attached hydrogens (primary N) is 1. The predicted molar refractivity (Wildman–Crippen MR) is 71.1 cm³/mol. The number of rotatable bonds is 5. The van der Waals surface area contributed by atoms with Crippen LogP contribution in [0.1, 0.15) is 26.2 Å². The average Bonchev–Trinajstić information content (AvgIpc) is 3.07. The second-order valence-electron chi connectivity index (χ2n) is 4.71. The van der Waals surface area contributed by atoms with Crippen molar-refractivity contribution in [1.82, 2.24) is 0 Å². The molecule has 1 aliphatic rings. The Bertz CT molecular complexity index is 405. The highest BCUT2D eigenvalue weighted by atomic mass is 35.5. The molecular weight excluding hydrogens is 239 g/mol. The smallest absolute Gasteiger partial charge is 0.143 e. The minimum absolute atomic E-state index is 0.145. The van der Waals surface area contributed by atoms with Gasteiger partial charge >= 0.3 is 0 Å². The molecule has 1 fully saturated rings. The molecule has 0 atom stereocenters. The summed E-state index contributed by atoms with van der Waals surface area (Å²) in [7, 11) is 0. The first-order valence-electron chi connectivity index (χ1n) is 6.11. The van der Waals surface area contributed by atoms with E-state index in [4.69, 9.17) is 17.3 Å². The van der Waals surface area contributed by atoms with E-state index in [2.05, 4.69) is 11.8 Å². The van der Waals surface area contributed by atoms with Crippen molar-refractivity contribution in [1.29, 1.82) is 0 Å². The monoisotopic (exact) mass is 256 g/mol. The molecule has 2 N–H and O–H groups in total. The van der Waals surface area contributed by atoms with Crippen molar-refractivity contribution in [3.8, 4) is 0 Å². The standard InChI is InChI=1S/C13H18ClFN2/c1-2-5-17(8-9-3-4-9)13-6-10(14)11(15)7-12(13)16/h6-7,9H,2-5,8,16H2,1H3. The number of benzene rings is 1. The molecule has 4 heteroatoms. The molecule has 17 heavy (non-hydrogen) atoms. The van der Waals surface area contributed by atoms with Crippen LogP contribution in [-0.4, -0.2) is 13.1 Å². The molecule has 2 rings (SSSR count). The summed E-state index contributed by atoms with van der Waals surface area (Å²) in [5.41, 5.74) is 7.22. The van der Waals surface area contributed by atoms with Crippen LogP contribution in [0.25, 0.3) is 0 Å². The number of hydrogen-bond donors (Lipinski definition) is 1. The molecule has 1 saturated carbocycles. The molecule has 0 amide bonds. The van der Waals surface area contributed by atoms with Gasteiger partial charge in [0.05, 0.1) is 16.4 Å². The molecule has 0 spiro atoms. The fraction of sp³-hybridized carbons (Fsp3) is 0.538. The Morgan fingerprint density at radius 3 is 2.76 bits per heavy atom. The van der Waals surface area contributed by atoms with Gasteiger partial charge in [-0.2, -0.15) is 0 Å². The van der Waals surface area contributed by atoms with E-state index in [0.29, 0.717) is 5.69 Å². The molecule has 94 valence electrons. The van der Waals surface area contributed by atoms with Crippen LogP contribution in [0.4, 0.5) is 15.8 Å². The molecule has 0 aliphatic heterocycles. The lowest BCUT2D eigenvalue weighted by molar-refractivity contribution is 0.628. The summed E-state index contributed by atoms with van der Waals surface area (Å²) < 4.78 is 13.3. The minimum Gasteiger partial charge on any atom is -0.397 e. The van der Waals surface area contributed by atoms with Crippen molar-refractivity contribution in [3.05, 3.63) is 23.0 Å². The Labute approximate surface area is 107 Å². The van der Waals surface area contributed by atoms with Gasteiger partial charge in [-0.15, -0.1) is 0 Å². The van der Waals surface area contributed by atoms with E-state index in [1.165, 1.54) is 18.9 Å². The van der Waals surface area contributed by atoms with Crippen LogP contribution in [-0.2, 0) is 0 Å². The van der Waals surface area contributed by atoms with Gasteiger partial charge in [-0.1, -0.05) is 18.5 Å². The SMILES string of the molecule is CCCN(CC1CC1)c1cc(Cl)c(F)cc1N. The molecule has 2 nitrogen and oxygen atoms in total. The van der Waals surface area contributed by atoms with Crippen LogP contribution in [0.3, 0.4) is 0 Å². The van der Waals surface area contributed by atoms with Crippen LogP contribution >= 0.6 is 11.6 Å². The van der Waals surface area contributed by atoms with Crippen LogP contribution in [0.2, 0.25) is 5.02 Å². The second-order valence-corrected chi connectivity index (χ2v) is 5.12. The van der Waals surface area contributed by atoms with E-state index in [0.717, 1.165) is 31.1 Å². The van der Waals surface area contributed by atoms with Gasteiger partial charge in [0.2, 0.25) is 0 Å². The molecule has 1 aliphatic carbocycles. The first kappa shape index (κ1) is 12.5. The Morgan fingerprint density at radius 1 is 1.47 bits per heavy atom. The van der Waals surface area contributed by atoms with Gasteiger partial charge in [0.25, 0.3) is 0 Å².